The highest BCUT2D eigenvalue weighted by atomic mass is 16.7. The molecule has 91 heavy (non-hydrogen) atoms. The summed E-state index contributed by atoms with van der Waals surface area (Å²) in [6.45, 7) is 4.67. The number of quaternary nitrogens is 1. The second kappa shape index (κ2) is 71.3. The van der Waals surface area contributed by atoms with Crippen molar-refractivity contribution < 1.29 is 42.9 Å². The monoisotopic (exact) mass is 1270 g/mol. The molecular formula is C82H140NO8+. The zero-order valence-corrected chi connectivity index (χ0v) is 59.5. The van der Waals surface area contributed by atoms with E-state index in [1.54, 1.807) is 0 Å². The van der Waals surface area contributed by atoms with Gasteiger partial charge in [0.25, 0.3) is 6.29 Å². The summed E-state index contributed by atoms with van der Waals surface area (Å²) < 4.78 is 23.0. The molecule has 9 heteroatoms. The number of carboxylic acid groups (broad SMARTS) is 1. The summed E-state index contributed by atoms with van der Waals surface area (Å²) in [5, 5.41) is 9.76. The number of ether oxygens (including phenoxy) is 4. The Labute approximate surface area is 560 Å². The first-order valence-electron chi connectivity index (χ1n) is 37.3. The van der Waals surface area contributed by atoms with Crippen LogP contribution in [0.4, 0.5) is 0 Å². The Bertz CT molecular complexity index is 1960. The number of unbranched alkanes of at least 4 members (excludes halogenated alkanes) is 31. The van der Waals surface area contributed by atoms with Crippen molar-refractivity contribution >= 4 is 17.9 Å². The van der Waals surface area contributed by atoms with E-state index in [1.165, 1.54) is 173 Å². The number of aliphatic carboxylic acids is 1. The molecule has 0 heterocycles. The lowest BCUT2D eigenvalue weighted by Crippen LogP contribution is -2.40. The molecule has 2 atom stereocenters. The largest absolute Gasteiger partial charge is 0.477 e. The van der Waals surface area contributed by atoms with Gasteiger partial charge in [0.05, 0.1) is 34.4 Å². The number of carboxylic acids is 1. The Morgan fingerprint density at radius 1 is 0.330 bits per heavy atom. The molecule has 0 bridgehead atoms. The topological polar surface area (TPSA) is 108 Å². The molecule has 0 aromatic carbocycles. The lowest BCUT2D eigenvalue weighted by atomic mass is 10.0. The number of esters is 2. The van der Waals surface area contributed by atoms with E-state index in [2.05, 4.69) is 148 Å². The average Bonchev–Trinajstić information content (AvgIpc) is 3.46. The van der Waals surface area contributed by atoms with Gasteiger partial charge in [-0.25, -0.2) is 4.79 Å². The number of allylic oxidation sites excluding steroid dienone is 22. The van der Waals surface area contributed by atoms with E-state index < -0.39 is 24.3 Å². The van der Waals surface area contributed by atoms with Crippen LogP contribution in [-0.2, 0) is 33.3 Å². The molecule has 520 valence electrons. The summed E-state index contributed by atoms with van der Waals surface area (Å²) in [6.07, 6.45) is 100. The number of hydrogen-bond donors (Lipinski definition) is 1. The van der Waals surface area contributed by atoms with Crippen LogP contribution in [0.5, 0.6) is 0 Å². The van der Waals surface area contributed by atoms with Crippen LogP contribution in [0.3, 0.4) is 0 Å². The zero-order valence-electron chi connectivity index (χ0n) is 59.5. The van der Waals surface area contributed by atoms with E-state index in [4.69, 9.17) is 18.9 Å². The van der Waals surface area contributed by atoms with Crippen LogP contribution in [0.1, 0.15) is 309 Å². The summed E-state index contributed by atoms with van der Waals surface area (Å²) in [6, 6.07) is 0. The lowest BCUT2D eigenvalue weighted by Gasteiger charge is -2.25. The van der Waals surface area contributed by atoms with Gasteiger partial charge < -0.3 is 28.5 Å². The highest BCUT2D eigenvalue weighted by Crippen LogP contribution is 2.18. The predicted octanol–water partition coefficient (Wildman–Crippen LogP) is 23.7. The second-order valence-electron chi connectivity index (χ2n) is 25.8. The number of likely N-dealkylation sites (N-methyl/N-ethyl adjacent to an activating group) is 1. The molecule has 0 aromatic heterocycles. The molecule has 0 rings (SSSR count). The molecule has 0 radical (unpaired) electrons. The molecular weight excluding hydrogens is 1130 g/mol. The smallest absolute Gasteiger partial charge is 0.361 e. The number of hydrogen-bond acceptors (Lipinski definition) is 7. The van der Waals surface area contributed by atoms with Gasteiger partial charge in [-0.1, -0.05) is 321 Å². The standard InChI is InChI=1S/C82H139NO8/c1-6-8-10-12-14-16-18-20-22-24-26-28-30-32-34-35-36-37-38-39-40-41-42-43-44-45-47-49-51-53-55-57-59-61-63-65-67-69-71-73-80(85)91-78(77-90-82(81(86)87)88-75-74-83(3,4)5)76-89-79(84)72-70-68-66-64-62-60-58-56-54-52-50-48-46-33-31-29-27-25-23-21-19-17-15-13-11-9-7-2/h8-11,14-17,20-23,26-29,32,34,36-37,39-40,78,82H,6-7,12-13,18-19,24-25,30-31,33,35,38,41-77H2,1-5H3/p+1/b10-8-,11-9-,16-14-,17-15-,22-20-,23-21-,28-26-,29-27-,34-32-,37-36-,40-39-. The van der Waals surface area contributed by atoms with Crippen molar-refractivity contribution in [1.29, 1.82) is 0 Å². The lowest BCUT2D eigenvalue weighted by molar-refractivity contribution is -0.870. The fourth-order valence-corrected chi connectivity index (χ4v) is 10.3. The SMILES string of the molecule is CC/C=C\C/C=C\C/C=C\C/C=C\C/C=C\C/C=C\C/C=C\CCCCCCCCCCCCCCCCCCCC(=O)OC(COC(=O)CCCCCCCCCCCCCCCC/C=C\C/C=C\C/C=C\C/C=C\CC)COC(OCC[N+](C)(C)C)C(=O)O. The highest BCUT2D eigenvalue weighted by Gasteiger charge is 2.25. The maximum absolute atomic E-state index is 13.0. The predicted molar refractivity (Wildman–Crippen MR) is 391 cm³/mol. The Balaban J connectivity index is 4.06. The Kier molecular flexibility index (Phi) is 67.7. The molecule has 0 saturated heterocycles. The minimum absolute atomic E-state index is 0.184. The van der Waals surface area contributed by atoms with Gasteiger partial charge in [0.2, 0.25) is 0 Å². The molecule has 0 aliphatic heterocycles. The van der Waals surface area contributed by atoms with Crippen molar-refractivity contribution in [2.75, 3.05) is 47.5 Å². The van der Waals surface area contributed by atoms with Crippen LogP contribution in [0, 0.1) is 0 Å². The molecule has 2 unspecified atom stereocenters. The molecule has 9 nitrogen and oxygen atoms in total. The van der Waals surface area contributed by atoms with Crippen molar-refractivity contribution in [2.45, 2.75) is 322 Å². The quantitative estimate of drug-likeness (QED) is 0.0211. The molecule has 0 amide bonds. The summed E-state index contributed by atoms with van der Waals surface area (Å²) in [5.74, 6) is -2.00. The number of nitrogens with zero attached hydrogens (tertiary/aromatic N) is 1. The number of carbonyl (C=O) groups excluding carboxylic acids is 2. The highest BCUT2D eigenvalue weighted by molar-refractivity contribution is 5.71. The molecule has 0 spiro atoms. The van der Waals surface area contributed by atoms with Gasteiger partial charge in [-0.2, -0.15) is 0 Å². The molecule has 1 N–H and O–H groups in total. The third kappa shape index (κ3) is 72.7. The fourth-order valence-electron chi connectivity index (χ4n) is 10.3. The molecule has 0 aromatic rings. The van der Waals surface area contributed by atoms with Crippen molar-refractivity contribution in [3.63, 3.8) is 0 Å². The van der Waals surface area contributed by atoms with Crippen LogP contribution in [0.25, 0.3) is 0 Å². The van der Waals surface area contributed by atoms with E-state index in [9.17, 15) is 19.5 Å². The van der Waals surface area contributed by atoms with Crippen molar-refractivity contribution in [3.05, 3.63) is 134 Å². The Morgan fingerprint density at radius 2 is 0.593 bits per heavy atom. The van der Waals surface area contributed by atoms with Gasteiger partial charge in [0.15, 0.2) is 6.10 Å². The van der Waals surface area contributed by atoms with Gasteiger partial charge in [0.1, 0.15) is 13.2 Å². The zero-order chi connectivity index (χ0) is 66.1. The summed E-state index contributed by atoms with van der Waals surface area (Å²) in [4.78, 5) is 37.7. The van der Waals surface area contributed by atoms with Crippen LogP contribution >= 0.6 is 0 Å². The normalized spacial score (nSPS) is 13.5. The molecule has 0 aliphatic carbocycles. The summed E-state index contributed by atoms with van der Waals surface area (Å²) in [7, 11) is 5.98. The Hall–Kier alpha value is -4.57. The second-order valence-corrected chi connectivity index (χ2v) is 25.8. The van der Waals surface area contributed by atoms with Crippen molar-refractivity contribution in [1.82, 2.24) is 0 Å². The molecule has 0 aliphatic rings. The van der Waals surface area contributed by atoms with Gasteiger partial charge in [0, 0.05) is 12.8 Å². The van der Waals surface area contributed by atoms with E-state index in [-0.39, 0.29) is 32.2 Å². The minimum Gasteiger partial charge on any atom is -0.477 e. The summed E-state index contributed by atoms with van der Waals surface area (Å²) >= 11 is 0. The first-order chi connectivity index (χ1) is 44.6. The van der Waals surface area contributed by atoms with E-state index >= 15 is 0 Å². The van der Waals surface area contributed by atoms with Gasteiger partial charge >= 0.3 is 17.9 Å². The van der Waals surface area contributed by atoms with Crippen LogP contribution < -0.4 is 0 Å². The van der Waals surface area contributed by atoms with Crippen LogP contribution in [-0.4, -0.2) is 87.4 Å². The van der Waals surface area contributed by atoms with Crippen molar-refractivity contribution in [3.8, 4) is 0 Å². The average molecular weight is 1270 g/mol. The first kappa shape index (κ1) is 86.4. The van der Waals surface area contributed by atoms with E-state index in [0.717, 1.165) is 109 Å². The van der Waals surface area contributed by atoms with E-state index in [1.807, 2.05) is 21.1 Å². The van der Waals surface area contributed by atoms with Gasteiger partial charge in [-0.05, 0) is 109 Å². The Morgan fingerprint density at radius 3 is 0.879 bits per heavy atom. The first-order valence-corrected chi connectivity index (χ1v) is 37.3. The van der Waals surface area contributed by atoms with Gasteiger partial charge in [-0.15, -0.1) is 0 Å². The van der Waals surface area contributed by atoms with Crippen LogP contribution in [0.15, 0.2) is 134 Å². The van der Waals surface area contributed by atoms with Crippen molar-refractivity contribution in [2.24, 2.45) is 0 Å². The third-order valence-electron chi connectivity index (χ3n) is 15.9. The molecule has 0 fully saturated rings. The van der Waals surface area contributed by atoms with Gasteiger partial charge in [-0.3, -0.25) is 9.59 Å². The van der Waals surface area contributed by atoms with E-state index in [0.29, 0.717) is 17.4 Å². The number of rotatable bonds is 68. The molecule has 0 saturated carbocycles. The minimum atomic E-state index is -1.52. The third-order valence-corrected chi connectivity index (χ3v) is 15.9. The summed E-state index contributed by atoms with van der Waals surface area (Å²) in [5.41, 5.74) is 0. The maximum atomic E-state index is 13.0. The maximum Gasteiger partial charge on any atom is 0.361 e. The number of carbonyl (C=O) groups is 3. The van der Waals surface area contributed by atoms with Crippen LogP contribution in [0.2, 0.25) is 0 Å². The fraction of sp³-hybridized carbons (Fsp3) is 0.695.